The summed E-state index contributed by atoms with van der Waals surface area (Å²) in [5, 5.41) is 14.1. The molecule has 0 fully saturated rings. The zero-order valence-electron chi connectivity index (χ0n) is 10.9. The molecule has 2 rings (SSSR count). The van der Waals surface area contributed by atoms with Crippen LogP contribution in [0.5, 0.6) is 0 Å². The van der Waals surface area contributed by atoms with Gasteiger partial charge in [-0.15, -0.1) is 0 Å². The first-order chi connectivity index (χ1) is 9.06. The van der Waals surface area contributed by atoms with Crippen molar-refractivity contribution in [2.24, 2.45) is 0 Å². The quantitative estimate of drug-likeness (QED) is 0.674. The molecular formula is C14H15N3O2. The number of anilines is 1. The third kappa shape index (κ3) is 3.28. The van der Waals surface area contributed by atoms with Gasteiger partial charge in [0, 0.05) is 11.8 Å². The molecule has 0 aliphatic rings. The van der Waals surface area contributed by atoms with Crippen LogP contribution < -0.4 is 5.32 Å². The standard InChI is InChI=1S/C14H15N3O2/c1-10-6-7-13(14(8-10)17(18)19)15-9-12-5-3-4-11(2)16-12/h3-8,15H,9H2,1-2H3. The van der Waals surface area contributed by atoms with Gasteiger partial charge in [-0.05, 0) is 37.6 Å². The van der Waals surface area contributed by atoms with Crippen molar-refractivity contribution in [1.29, 1.82) is 0 Å². The second-order valence-electron chi connectivity index (χ2n) is 4.40. The fourth-order valence-corrected chi connectivity index (χ4v) is 1.83. The van der Waals surface area contributed by atoms with E-state index in [1.807, 2.05) is 38.1 Å². The zero-order chi connectivity index (χ0) is 13.8. The van der Waals surface area contributed by atoms with Crippen molar-refractivity contribution >= 4 is 11.4 Å². The summed E-state index contributed by atoms with van der Waals surface area (Å²) in [7, 11) is 0. The summed E-state index contributed by atoms with van der Waals surface area (Å²) >= 11 is 0. The maximum atomic E-state index is 11.0. The van der Waals surface area contributed by atoms with E-state index >= 15 is 0 Å². The smallest absolute Gasteiger partial charge is 0.292 e. The summed E-state index contributed by atoms with van der Waals surface area (Å²) in [6.07, 6.45) is 0. The maximum Gasteiger partial charge on any atom is 0.292 e. The van der Waals surface area contributed by atoms with Crippen LogP contribution in [0.2, 0.25) is 0 Å². The molecule has 1 aromatic heterocycles. The molecule has 0 radical (unpaired) electrons. The number of hydrogen-bond donors (Lipinski definition) is 1. The van der Waals surface area contributed by atoms with E-state index in [0.717, 1.165) is 17.0 Å². The molecule has 19 heavy (non-hydrogen) atoms. The van der Waals surface area contributed by atoms with Crippen LogP contribution in [-0.4, -0.2) is 9.91 Å². The third-order valence-electron chi connectivity index (χ3n) is 2.76. The zero-order valence-corrected chi connectivity index (χ0v) is 10.9. The Hall–Kier alpha value is -2.43. The van der Waals surface area contributed by atoms with Crippen molar-refractivity contribution in [3.8, 4) is 0 Å². The molecule has 0 unspecified atom stereocenters. The van der Waals surface area contributed by atoms with Gasteiger partial charge in [-0.25, -0.2) is 0 Å². The number of nitro groups is 1. The highest BCUT2D eigenvalue weighted by Gasteiger charge is 2.13. The molecule has 1 aromatic carbocycles. The van der Waals surface area contributed by atoms with E-state index < -0.39 is 0 Å². The van der Waals surface area contributed by atoms with Gasteiger partial charge < -0.3 is 5.32 Å². The van der Waals surface area contributed by atoms with E-state index in [0.29, 0.717) is 12.2 Å². The minimum Gasteiger partial charge on any atom is -0.374 e. The Bertz CT molecular complexity index is 611. The van der Waals surface area contributed by atoms with Crippen LogP contribution in [0.15, 0.2) is 36.4 Å². The number of pyridine rings is 1. The van der Waals surface area contributed by atoms with E-state index in [2.05, 4.69) is 10.3 Å². The number of rotatable bonds is 4. The van der Waals surface area contributed by atoms with Gasteiger partial charge in [0.2, 0.25) is 0 Å². The lowest BCUT2D eigenvalue weighted by molar-refractivity contribution is -0.384. The summed E-state index contributed by atoms with van der Waals surface area (Å²) in [6, 6.07) is 10.9. The second-order valence-corrected chi connectivity index (χ2v) is 4.40. The van der Waals surface area contributed by atoms with E-state index in [1.165, 1.54) is 0 Å². The average Bonchev–Trinajstić information content (AvgIpc) is 2.37. The first-order valence-electron chi connectivity index (χ1n) is 5.98. The second kappa shape index (κ2) is 5.48. The molecule has 0 aliphatic carbocycles. The lowest BCUT2D eigenvalue weighted by Crippen LogP contribution is -2.04. The monoisotopic (exact) mass is 257 g/mol. The van der Waals surface area contributed by atoms with Crippen LogP contribution >= 0.6 is 0 Å². The van der Waals surface area contributed by atoms with E-state index in [4.69, 9.17) is 0 Å². The van der Waals surface area contributed by atoms with Gasteiger partial charge >= 0.3 is 0 Å². The molecule has 5 heteroatoms. The number of nitrogens with one attached hydrogen (secondary N) is 1. The summed E-state index contributed by atoms with van der Waals surface area (Å²) in [6.45, 7) is 4.21. The summed E-state index contributed by atoms with van der Waals surface area (Å²) in [5.41, 5.74) is 3.25. The first kappa shape index (κ1) is 13.0. The summed E-state index contributed by atoms with van der Waals surface area (Å²) < 4.78 is 0. The summed E-state index contributed by atoms with van der Waals surface area (Å²) in [5.74, 6) is 0. The summed E-state index contributed by atoms with van der Waals surface area (Å²) in [4.78, 5) is 15.0. The number of nitro benzene ring substituents is 1. The van der Waals surface area contributed by atoms with E-state index in [1.54, 1.807) is 12.1 Å². The van der Waals surface area contributed by atoms with Crippen LogP contribution in [0.4, 0.5) is 11.4 Å². The average molecular weight is 257 g/mol. The topological polar surface area (TPSA) is 68.1 Å². The van der Waals surface area contributed by atoms with Crippen LogP contribution in [0.3, 0.4) is 0 Å². The molecule has 0 saturated carbocycles. The molecule has 0 atom stereocenters. The van der Waals surface area contributed by atoms with Crippen molar-refractivity contribution in [3.05, 3.63) is 63.5 Å². The van der Waals surface area contributed by atoms with Gasteiger partial charge in [-0.3, -0.25) is 15.1 Å². The number of aromatic nitrogens is 1. The first-order valence-corrected chi connectivity index (χ1v) is 5.98. The molecule has 0 aliphatic heterocycles. The molecule has 0 saturated heterocycles. The highest BCUT2D eigenvalue weighted by Crippen LogP contribution is 2.25. The number of aryl methyl sites for hydroxylation is 2. The molecule has 5 nitrogen and oxygen atoms in total. The normalized spacial score (nSPS) is 10.2. The number of benzene rings is 1. The molecule has 1 heterocycles. The van der Waals surface area contributed by atoms with E-state index in [9.17, 15) is 10.1 Å². The van der Waals surface area contributed by atoms with Crippen LogP contribution in [0.25, 0.3) is 0 Å². The van der Waals surface area contributed by atoms with Crippen LogP contribution in [-0.2, 0) is 6.54 Å². The predicted octanol–water partition coefficient (Wildman–Crippen LogP) is 3.22. The van der Waals surface area contributed by atoms with Crippen molar-refractivity contribution in [1.82, 2.24) is 4.98 Å². The molecule has 1 N–H and O–H groups in total. The number of hydrogen-bond acceptors (Lipinski definition) is 4. The Kier molecular flexibility index (Phi) is 3.75. The molecule has 0 spiro atoms. The van der Waals surface area contributed by atoms with Gasteiger partial charge in [-0.2, -0.15) is 0 Å². The van der Waals surface area contributed by atoms with Crippen LogP contribution in [0, 0.1) is 24.0 Å². The predicted molar refractivity (Wildman–Crippen MR) is 74.1 cm³/mol. The van der Waals surface area contributed by atoms with Crippen molar-refractivity contribution in [2.45, 2.75) is 20.4 Å². The Morgan fingerprint density at radius 2 is 2.05 bits per heavy atom. The van der Waals surface area contributed by atoms with Gasteiger partial charge in [-0.1, -0.05) is 12.1 Å². The molecular weight excluding hydrogens is 242 g/mol. The Morgan fingerprint density at radius 3 is 2.74 bits per heavy atom. The Morgan fingerprint density at radius 1 is 1.26 bits per heavy atom. The largest absolute Gasteiger partial charge is 0.374 e. The van der Waals surface area contributed by atoms with Crippen molar-refractivity contribution < 1.29 is 4.92 Å². The molecule has 0 amide bonds. The molecule has 0 bridgehead atoms. The molecule has 2 aromatic rings. The molecule has 98 valence electrons. The Balaban J connectivity index is 2.17. The minimum atomic E-state index is -0.376. The lowest BCUT2D eigenvalue weighted by atomic mass is 10.2. The van der Waals surface area contributed by atoms with Crippen molar-refractivity contribution in [2.75, 3.05) is 5.32 Å². The fourth-order valence-electron chi connectivity index (χ4n) is 1.83. The minimum absolute atomic E-state index is 0.0904. The van der Waals surface area contributed by atoms with Gasteiger partial charge in [0.1, 0.15) is 5.69 Å². The van der Waals surface area contributed by atoms with Crippen LogP contribution in [0.1, 0.15) is 17.0 Å². The Labute approximate surface area is 111 Å². The van der Waals surface area contributed by atoms with E-state index in [-0.39, 0.29) is 10.6 Å². The van der Waals surface area contributed by atoms with Gasteiger partial charge in [0.25, 0.3) is 5.69 Å². The third-order valence-corrected chi connectivity index (χ3v) is 2.76. The van der Waals surface area contributed by atoms with Gasteiger partial charge in [0.05, 0.1) is 17.2 Å². The highest BCUT2D eigenvalue weighted by molar-refractivity contribution is 5.62. The number of nitrogens with zero attached hydrogens (tertiary/aromatic N) is 2. The fraction of sp³-hybridized carbons (Fsp3) is 0.214. The SMILES string of the molecule is Cc1ccc(NCc2cccc(C)n2)c([N+](=O)[O-])c1. The highest BCUT2D eigenvalue weighted by atomic mass is 16.6. The lowest BCUT2D eigenvalue weighted by Gasteiger charge is -2.07. The van der Waals surface area contributed by atoms with Gasteiger partial charge in [0.15, 0.2) is 0 Å². The van der Waals surface area contributed by atoms with Crippen molar-refractivity contribution in [3.63, 3.8) is 0 Å². The maximum absolute atomic E-state index is 11.0.